The van der Waals surface area contributed by atoms with Crippen LogP contribution in [-0.2, 0) is 4.74 Å². The van der Waals surface area contributed by atoms with Crippen LogP contribution in [0.25, 0.3) is 0 Å². The van der Waals surface area contributed by atoms with Crippen LogP contribution in [0.2, 0.25) is 0 Å². The maximum atomic E-state index is 12.0. The van der Waals surface area contributed by atoms with Gasteiger partial charge in [0.15, 0.2) is 6.10 Å². The molecule has 4 heteroatoms. The summed E-state index contributed by atoms with van der Waals surface area (Å²) in [6, 6.07) is 0. The third kappa shape index (κ3) is 2.36. The molecule has 1 nitrogen and oxygen atoms in total. The van der Waals surface area contributed by atoms with Gasteiger partial charge in [-0.05, 0) is 26.2 Å². The zero-order valence-electron chi connectivity index (χ0n) is 6.19. The van der Waals surface area contributed by atoms with Crippen molar-refractivity contribution in [1.29, 1.82) is 0 Å². The molecule has 65 valence electrons. The predicted octanol–water partition coefficient (Wildman–Crippen LogP) is 2.32. The molecule has 1 aliphatic heterocycles. The zero-order chi connectivity index (χ0) is 8.48. The normalized spacial score (nSPS) is 33.8. The van der Waals surface area contributed by atoms with Crippen LogP contribution in [0.4, 0.5) is 13.2 Å². The third-order valence-electron chi connectivity index (χ3n) is 1.64. The van der Waals surface area contributed by atoms with E-state index >= 15 is 0 Å². The number of hydrogen-bond acceptors (Lipinski definition) is 1. The van der Waals surface area contributed by atoms with E-state index in [0.717, 1.165) is 0 Å². The van der Waals surface area contributed by atoms with Crippen LogP contribution < -0.4 is 0 Å². The average molecular weight is 167 g/mol. The summed E-state index contributed by atoms with van der Waals surface area (Å²) in [6.45, 7) is 1.65. The highest BCUT2D eigenvalue weighted by Crippen LogP contribution is 2.31. The highest BCUT2D eigenvalue weighted by molar-refractivity contribution is 4.84. The highest BCUT2D eigenvalue weighted by Gasteiger charge is 2.42. The van der Waals surface area contributed by atoms with Gasteiger partial charge in [-0.15, -0.1) is 0 Å². The first-order valence-electron chi connectivity index (χ1n) is 3.54. The lowest BCUT2D eigenvalue weighted by Gasteiger charge is -2.28. The van der Waals surface area contributed by atoms with Gasteiger partial charge in [-0.2, -0.15) is 13.2 Å². The number of alkyl halides is 3. The molecule has 0 bridgehead atoms. The van der Waals surface area contributed by atoms with Gasteiger partial charge in [0, 0.05) is 0 Å². The fourth-order valence-electron chi connectivity index (χ4n) is 1.08. The van der Waals surface area contributed by atoms with Crippen molar-refractivity contribution in [3.8, 4) is 0 Å². The Morgan fingerprint density at radius 1 is 1.36 bits per heavy atom. The Morgan fingerprint density at radius 2 is 2.00 bits per heavy atom. The van der Waals surface area contributed by atoms with Gasteiger partial charge >= 0.3 is 6.18 Å². The topological polar surface area (TPSA) is 9.23 Å². The minimum atomic E-state index is -4.20. The molecule has 2 unspecified atom stereocenters. The second-order valence-corrected chi connectivity index (χ2v) is 2.74. The summed E-state index contributed by atoms with van der Waals surface area (Å²) in [5.74, 6) is 0. The third-order valence-corrected chi connectivity index (χ3v) is 1.64. The molecule has 1 saturated heterocycles. The van der Waals surface area contributed by atoms with Crippen molar-refractivity contribution in [3.05, 3.63) is 6.42 Å². The molecular formula is C7H10F3O. The highest BCUT2D eigenvalue weighted by atomic mass is 19.4. The van der Waals surface area contributed by atoms with Gasteiger partial charge in [-0.1, -0.05) is 0 Å². The fourth-order valence-corrected chi connectivity index (χ4v) is 1.08. The summed E-state index contributed by atoms with van der Waals surface area (Å²) in [5.41, 5.74) is 0. The van der Waals surface area contributed by atoms with Crippen LogP contribution in [0.5, 0.6) is 0 Å². The molecule has 0 saturated carbocycles. The van der Waals surface area contributed by atoms with Gasteiger partial charge in [-0.25, -0.2) is 0 Å². The quantitative estimate of drug-likeness (QED) is 0.538. The Balaban J connectivity index is 2.46. The fraction of sp³-hybridized carbons (Fsp3) is 0.857. The molecule has 1 heterocycles. The Hall–Kier alpha value is -0.250. The van der Waals surface area contributed by atoms with E-state index in [9.17, 15) is 13.2 Å². The lowest BCUT2D eigenvalue weighted by molar-refractivity contribution is -0.237. The Kier molecular flexibility index (Phi) is 2.42. The van der Waals surface area contributed by atoms with E-state index in [1.54, 1.807) is 13.3 Å². The van der Waals surface area contributed by atoms with Crippen LogP contribution in [-0.4, -0.2) is 18.4 Å². The molecule has 1 aliphatic rings. The van der Waals surface area contributed by atoms with Gasteiger partial charge in [0.2, 0.25) is 0 Å². The molecular weight excluding hydrogens is 157 g/mol. The van der Waals surface area contributed by atoms with Gasteiger partial charge in [0.05, 0.1) is 6.10 Å². The number of rotatable bonds is 0. The predicted molar refractivity (Wildman–Crippen MR) is 33.9 cm³/mol. The first-order valence-corrected chi connectivity index (χ1v) is 3.54. The van der Waals surface area contributed by atoms with Crippen molar-refractivity contribution in [2.75, 3.05) is 0 Å². The second-order valence-electron chi connectivity index (χ2n) is 2.74. The standard InChI is InChI=1S/C7H10F3O/c1-5-3-2-4-6(11-5)7(8,9)10/h2,5-6H,3-4H2,1H3. The molecule has 11 heavy (non-hydrogen) atoms. The summed E-state index contributed by atoms with van der Waals surface area (Å²) in [6.07, 6.45) is -3.83. The molecule has 1 radical (unpaired) electrons. The molecule has 0 aromatic heterocycles. The van der Waals surface area contributed by atoms with E-state index in [4.69, 9.17) is 4.74 Å². The molecule has 0 amide bonds. The van der Waals surface area contributed by atoms with Gasteiger partial charge in [0.25, 0.3) is 0 Å². The van der Waals surface area contributed by atoms with Crippen LogP contribution in [0.3, 0.4) is 0 Å². The largest absolute Gasteiger partial charge is 0.414 e. The van der Waals surface area contributed by atoms with Gasteiger partial charge in [-0.3, -0.25) is 0 Å². The van der Waals surface area contributed by atoms with Crippen LogP contribution >= 0.6 is 0 Å². The Bertz CT molecular complexity index is 132. The maximum absolute atomic E-state index is 12.0. The number of ether oxygens (including phenoxy) is 1. The Labute approximate surface area is 63.5 Å². The van der Waals surface area contributed by atoms with E-state index in [1.165, 1.54) is 0 Å². The Morgan fingerprint density at radius 3 is 2.36 bits per heavy atom. The van der Waals surface area contributed by atoms with E-state index < -0.39 is 12.3 Å². The smallest absolute Gasteiger partial charge is 0.366 e. The van der Waals surface area contributed by atoms with Crippen LogP contribution in [0.15, 0.2) is 0 Å². The number of halogens is 3. The molecule has 1 rings (SSSR count). The van der Waals surface area contributed by atoms with Crippen molar-refractivity contribution in [1.82, 2.24) is 0 Å². The monoisotopic (exact) mass is 167 g/mol. The lowest BCUT2D eigenvalue weighted by Crippen LogP contribution is -2.37. The van der Waals surface area contributed by atoms with Crippen molar-refractivity contribution in [2.24, 2.45) is 0 Å². The second kappa shape index (κ2) is 3.01. The molecule has 2 atom stereocenters. The van der Waals surface area contributed by atoms with Gasteiger partial charge < -0.3 is 4.74 Å². The minimum absolute atomic E-state index is 0.00611. The number of hydrogen-bond donors (Lipinski definition) is 0. The van der Waals surface area contributed by atoms with E-state index in [0.29, 0.717) is 6.42 Å². The molecule has 0 aromatic rings. The summed E-state index contributed by atoms with van der Waals surface area (Å²) in [7, 11) is 0. The summed E-state index contributed by atoms with van der Waals surface area (Å²) in [5, 5.41) is 0. The maximum Gasteiger partial charge on any atom is 0.414 e. The molecule has 1 fully saturated rings. The van der Waals surface area contributed by atoms with Crippen molar-refractivity contribution < 1.29 is 17.9 Å². The molecule has 0 spiro atoms. The summed E-state index contributed by atoms with van der Waals surface area (Å²) < 4.78 is 40.6. The van der Waals surface area contributed by atoms with Gasteiger partial charge in [0.1, 0.15) is 0 Å². The van der Waals surface area contributed by atoms with Crippen molar-refractivity contribution >= 4 is 0 Å². The zero-order valence-corrected chi connectivity index (χ0v) is 6.19. The molecule has 0 N–H and O–H groups in total. The molecule has 0 aliphatic carbocycles. The molecule has 0 aromatic carbocycles. The van der Waals surface area contributed by atoms with Crippen LogP contribution in [0, 0.1) is 6.42 Å². The first-order chi connectivity index (χ1) is 5.00. The minimum Gasteiger partial charge on any atom is -0.366 e. The first kappa shape index (κ1) is 8.84. The summed E-state index contributed by atoms with van der Waals surface area (Å²) in [4.78, 5) is 0. The van der Waals surface area contributed by atoms with E-state index in [-0.39, 0.29) is 12.5 Å². The van der Waals surface area contributed by atoms with E-state index in [1.807, 2.05) is 0 Å². The SMILES string of the molecule is CC1C[CH]CC(C(F)(F)F)O1. The van der Waals surface area contributed by atoms with Crippen molar-refractivity contribution in [3.63, 3.8) is 0 Å². The van der Waals surface area contributed by atoms with Crippen molar-refractivity contribution in [2.45, 2.75) is 38.1 Å². The average Bonchev–Trinajstić information content (AvgIpc) is 1.86. The summed E-state index contributed by atoms with van der Waals surface area (Å²) >= 11 is 0. The van der Waals surface area contributed by atoms with E-state index in [2.05, 4.69) is 0 Å². The lowest BCUT2D eigenvalue weighted by atomic mass is 10.0. The van der Waals surface area contributed by atoms with Crippen LogP contribution in [0.1, 0.15) is 19.8 Å².